The molecule has 0 fully saturated rings. The van der Waals surface area contributed by atoms with Crippen molar-refractivity contribution in [1.29, 1.82) is 0 Å². The van der Waals surface area contributed by atoms with Crippen molar-refractivity contribution < 1.29 is 0 Å². The Labute approximate surface area is 97.0 Å². The minimum atomic E-state index is 0.456. The van der Waals surface area contributed by atoms with E-state index < -0.39 is 0 Å². The number of hydrogen-bond donors (Lipinski definition) is 1. The first-order valence-electron chi connectivity index (χ1n) is 6.75. The maximum atomic E-state index is 3.65. The number of nitrogens with one attached hydrogen (secondary N) is 1. The van der Waals surface area contributed by atoms with E-state index in [1.807, 2.05) is 0 Å². The van der Waals surface area contributed by atoms with Gasteiger partial charge in [0.05, 0.1) is 0 Å². The molecule has 0 bridgehead atoms. The molecule has 0 radical (unpaired) electrons. The lowest BCUT2D eigenvalue weighted by atomic mass is 9.90. The predicted molar refractivity (Wildman–Crippen MR) is 70.3 cm³/mol. The van der Waals surface area contributed by atoms with Crippen LogP contribution in [0.2, 0.25) is 0 Å². The zero-order chi connectivity index (χ0) is 11.7. The summed E-state index contributed by atoms with van der Waals surface area (Å²) < 4.78 is 0. The van der Waals surface area contributed by atoms with Gasteiger partial charge < -0.3 is 5.32 Å². The Morgan fingerprint density at radius 2 is 1.73 bits per heavy atom. The van der Waals surface area contributed by atoms with Crippen LogP contribution in [0.4, 0.5) is 0 Å². The van der Waals surface area contributed by atoms with Gasteiger partial charge in [-0.15, -0.1) is 0 Å². The molecule has 0 aromatic rings. The Kier molecular flexibility index (Phi) is 8.13. The molecule has 1 heteroatoms. The lowest BCUT2D eigenvalue weighted by molar-refractivity contribution is 0.306. The maximum Gasteiger partial charge on any atom is 0.00389 e. The molecule has 92 valence electrons. The van der Waals surface area contributed by atoms with Crippen molar-refractivity contribution in [3.63, 3.8) is 0 Å². The fourth-order valence-electron chi connectivity index (χ4n) is 1.55. The summed E-state index contributed by atoms with van der Waals surface area (Å²) in [5.41, 5.74) is 0.456. The molecular weight excluding hydrogens is 182 g/mol. The van der Waals surface area contributed by atoms with Crippen LogP contribution >= 0.6 is 0 Å². The summed E-state index contributed by atoms with van der Waals surface area (Å²) in [6.07, 6.45) is 8.11. The minimum Gasteiger partial charge on any atom is -0.314 e. The Morgan fingerprint density at radius 1 is 1.07 bits per heavy atom. The second kappa shape index (κ2) is 8.15. The van der Waals surface area contributed by atoms with Gasteiger partial charge in [0.15, 0.2) is 0 Å². The summed E-state index contributed by atoms with van der Waals surface area (Å²) in [4.78, 5) is 0. The van der Waals surface area contributed by atoms with E-state index in [0.717, 1.165) is 6.54 Å². The van der Waals surface area contributed by atoms with Gasteiger partial charge in [0.25, 0.3) is 0 Å². The largest absolute Gasteiger partial charge is 0.314 e. The van der Waals surface area contributed by atoms with Crippen LogP contribution in [0.3, 0.4) is 0 Å². The van der Waals surface area contributed by atoms with Gasteiger partial charge in [0.2, 0.25) is 0 Å². The van der Waals surface area contributed by atoms with Crippen LogP contribution in [-0.2, 0) is 0 Å². The molecule has 0 heterocycles. The van der Waals surface area contributed by atoms with E-state index >= 15 is 0 Å². The van der Waals surface area contributed by atoms with E-state index in [2.05, 4.69) is 39.9 Å². The zero-order valence-electron chi connectivity index (χ0n) is 11.5. The fourth-order valence-corrected chi connectivity index (χ4v) is 1.55. The van der Waals surface area contributed by atoms with Crippen molar-refractivity contribution in [2.24, 2.45) is 5.41 Å². The van der Waals surface area contributed by atoms with E-state index in [4.69, 9.17) is 0 Å². The number of unbranched alkanes of at least 4 members (excludes halogenated alkanes) is 3. The predicted octanol–water partition coefficient (Wildman–Crippen LogP) is 4.37. The third-order valence-electron chi connectivity index (χ3n) is 3.38. The van der Waals surface area contributed by atoms with Gasteiger partial charge in [-0.3, -0.25) is 0 Å². The average molecular weight is 213 g/mol. The quantitative estimate of drug-likeness (QED) is 0.561. The summed E-state index contributed by atoms with van der Waals surface area (Å²) in [5, 5.41) is 3.65. The highest BCUT2D eigenvalue weighted by molar-refractivity contribution is 4.72. The van der Waals surface area contributed by atoms with Crippen LogP contribution in [0, 0.1) is 5.41 Å². The van der Waals surface area contributed by atoms with E-state index in [0.29, 0.717) is 11.5 Å². The van der Waals surface area contributed by atoms with E-state index in [9.17, 15) is 0 Å². The van der Waals surface area contributed by atoms with Gasteiger partial charge in [-0.1, -0.05) is 53.4 Å². The molecule has 0 spiro atoms. The van der Waals surface area contributed by atoms with Gasteiger partial charge in [0, 0.05) is 12.6 Å². The second-order valence-electron chi connectivity index (χ2n) is 5.65. The maximum absolute atomic E-state index is 3.65. The smallest absolute Gasteiger partial charge is 0.00389 e. The Bertz CT molecular complexity index is 140. The third kappa shape index (κ3) is 8.92. The number of rotatable bonds is 9. The van der Waals surface area contributed by atoms with Gasteiger partial charge in [-0.2, -0.15) is 0 Å². The normalized spacial score (nSPS) is 14.2. The van der Waals surface area contributed by atoms with Crippen LogP contribution in [0.5, 0.6) is 0 Å². The molecule has 0 aromatic heterocycles. The molecule has 0 rings (SSSR count). The first kappa shape index (κ1) is 15.0. The highest BCUT2D eigenvalue weighted by Crippen LogP contribution is 2.18. The molecule has 0 aliphatic heterocycles. The zero-order valence-corrected chi connectivity index (χ0v) is 11.5. The highest BCUT2D eigenvalue weighted by Gasteiger charge is 2.15. The summed E-state index contributed by atoms with van der Waals surface area (Å²) in [6.45, 7) is 12.7. The van der Waals surface area contributed by atoms with Gasteiger partial charge in [-0.25, -0.2) is 0 Å². The minimum absolute atomic E-state index is 0.456. The molecular formula is C14H31N. The standard InChI is InChI=1S/C14H31N/c1-6-8-9-10-11-13(3)15-12-14(4,5)7-2/h13,15H,6-12H2,1-5H3. The molecule has 15 heavy (non-hydrogen) atoms. The summed E-state index contributed by atoms with van der Waals surface area (Å²) >= 11 is 0. The Morgan fingerprint density at radius 3 is 2.27 bits per heavy atom. The van der Waals surface area contributed by atoms with Crippen molar-refractivity contribution in [3.8, 4) is 0 Å². The van der Waals surface area contributed by atoms with Crippen molar-refractivity contribution in [1.82, 2.24) is 5.32 Å². The highest BCUT2D eigenvalue weighted by atomic mass is 14.9. The van der Waals surface area contributed by atoms with Gasteiger partial charge in [0.1, 0.15) is 0 Å². The molecule has 0 aromatic carbocycles. The summed E-state index contributed by atoms with van der Waals surface area (Å²) in [5.74, 6) is 0. The molecule has 0 aliphatic rings. The second-order valence-corrected chi connectivity index (χ2v) is 5.65. The molecule has 0 saturated carbocycles. The molecule has 1 nitrogen and oxygen atoms in total. The van der Waals surface area contributed by atoms with Crippen LogP contribution in [-0.4, -0.2) is 12.6 Å². The molecule has 0 amide bonds. The molecule has 0 saturated heterocycles. The molecule has 1 atom stereocenters. The van der Waals surface area contributed by atoms with Crippen molar-refractivity contribution in [2.45, 2.75) is 79.2 Å². The average Bonchev–Trinajstić information content (AvgIpc) is 2.22. The van der Waals surface area contributed by atoms with Crippen molar-refractivity contribution >= 4 is 0 Å². The van der Waals surface area contributed by atoms with Crippen LogP contribution in [0.15, 0.2) is 0 Å². The lowest BCUT2D eigenvalue weighted by Crippen LogP contribution is -2.35. The van der Waals surface area contributed by atoms with E-state index in [-0.39, 0.29) is 0 Å². The lowest BCUT2D eigenvalue weighted by Gasteiger charge is -2.25. The van der Waals surface area contributed by atoms with Crippen LogP contribution in [0.25, 0.3) is 0 Å². The monoisotopic (exact) mass is 213 g/mol. The van der Waals surface area contributed by atoms with Crippen LogP contribution in [0.1, 0.15) is 73.1 Å². The van der Waals surface area contributed by atoms with Gasteiger partial charge >= 0.3 is 0 Å². The van der Waals surface area contributed by atoms with Crippen molar-refractivity contribution in [3.05, 3.63) is 0 Å². The Balaban J connectivity index is 3.44. The molecule has 0 aliphatic carbocycles. The first-order chi connectivity index (χ1) is 7.02. The van der Waals surface area contributed by atoms with Crippen LogP contribution < -0.4 is 5.32 Å². The SMILES string of the molecule is CCCCCCC(C)NCC(C)(C)CC. The van der Waals surface area contributed by atoms with E-state index in [1.165, 1.54) is 38.5 Å². The first-order valence-corrected chi connectivity index (χ1v) is 6.75. The summed E-state index contributed by atoms with van der Waals surface area (Å²) in [7, 11) is 0. The summed E-state index contributed by atoms with van der Waals surface area (Å²) in [6, 6.07) is 0.688. The van der Waals surface area contributed by atoms with Crippen molar-refractivity contribution in [2.75, 3.05) is 6.54 Å². The van der Waals surface area contributed by atoms with Gasteiger partial charge in [-0.05, 0) is 25.2 Å². The fraction of sp³-hybridized carbons (Fsp3) is 1.00. The van der Waals surface area contributed by atoms with E-state index in [1.54, 1.807) is 0 Å². The number of hydrogen-bond acceptors (Lipinski definition) is 1. The molecule has 1 N–H and O–H groups in total. The molecule has 1 unspecified atom stereocenters. The topological polar surface area (TPSA) is 12.0 Å². The Hall–Kier alpha value is -0.0400. The third-order valence-corrected chi connectivity index (χ3v) is 3.38.